The molecule has 3 aliphatic rings. The number of aliphatic hydroxyl groups is 1. The number of ether oxygens (including phenoxy) is 1. The van der Waals surface area contributed by atoms with Crippen molar-refractivity contribution in [2.45, 2.75) is 44.2 Å². The molecular formula is C39H42ClN9O5. The van der Waals surface area contributed by atoms with Gasteiger partial charge in [0.05, 0.1) is 30.0 Å². The fourth-order valence-corrected chi connectivity index (χ4v) is 8.82. The van der Waals surface area contributed by atoms with E-state index in [4.69, 9.17) is 21.3 Å². The first kappa shape index (κ1) is 35.7. The van der Waals surface area contributed by atoms with Crippen LogP contribution in [0.3, 0.4) is 0 Å². The van der Waals surface area contributed by atoms with Crippen LogP contribution in [0.4, 0.5) is 16.3 Å². The van der Waals surface area contributed by atoms with Crippen LogP contribution in [0.25, 0.3) is 33.4 Å². The molecule has 2 amide bonds. The Kier molecular flexibility index (Phi) is 9.15. The van der Waals surface area contributed by atoms with Crippen molar-refractivity contribution in [3.63, 3.8) is 0 Å². The highest BCUT2D eigenvalue weighted by molar-refractivity contribution is 6.36. The minimum atomic E-state index is -0.488. The summed E-state index contributed by atoms with van der Waals surface area (Å²) in [5, 5.41) is 16.7. The number of halogens is 1. The van der Waals surface area contributed by atoms with E-state index >= 15 is 0 Å². The Hall–Kier alpha value is -5.31. The van der Waals surface area contributed by atoms with Crippen molar-refractivity contribution in [1.82, 2.24) is 39.2 Å². The van der Waals surface area contributed by atoms with Crippen molar-refractivity contribution in [1.29, 1.82) is 0 Å². The van der Waals surface area contributed by atoms with Gasteiger partial charge >= 0.3 is 11.7 Å². The van der Waals surface area contributed by atoms with Gasteiger partial charge in [-0.15, -0.1) is 0 Å². The molecule has 54 heavy (non-hydrogen) atoms. The predicted octanol–water partition coefficient (Wildman–Crippen LogP) is 4.31. The van der Waals surface area contributed by atoms with Gasteiger partial charge in [0.1, 0.15) is 17.5 Å². The molecule has 2 saturated heterocycles. The Morgan fingerprint density at radius 2 is 1.80 bits per heavy atom. The third kappa shape index (κ3) is 5.89. The van der Waals surface area contributed by atoms with Crippen molar-refractivity contribution in [2.24, 2.45) is 14.1 Å². The van der Waals surface area contributed by atoms with E-state index < -0.39 is 11.2 Å². The highest BCUT2D eigenvalue weighted by Gasteiger charge is 2.46. The number of carbonyl (C=O) groups is 1. The summed E-state index contributed by atoms with van der Waals surface area (Å²) in [6.45, 7) is 4.53. The molecule has 2 fully saturated rings. The lowest BCUT2D eigenvalue weighted by Gasteiger charge is -2.40. The van der Waals surface area contributed by atoms with Gasteiger partial charge in [-0.3, -0.25) is 18.8 Å². The van der Waals surface area contributed by atoms with E-state index in [2.05, 4.69) is 31.6 Å². The first-order valence-electron chi connectivity index (χ1n) is 18.1. The van der Waals surface area contributed by atoms with Gasteiger partial charge in [0.15, 0.2) is 5.65 Å². The Morgan fingerprint density at radius 3 is 2.57 bits per heavy atom. The van der Waals surface area contributed by atoms with Gasteiger partial charge in [-0.25, -0.2) is 24.5 Å². The van der Waals surface area contributed by atoms with Gasteiger partial charge in [-0.05, 0) is 61.4 Å². The van der Waals surface area contributed by atoms with Gasteiger partial charge < -0.3 is 25.4 Å². The highest BCUT2D eigenvalue weighted by atomic mass is 35.5. The third-order valence-electron chi connectivity index (χ3n) is 11.4. The summed E-state index contributed by atoms with van der Waals surface area (Å²) in [5.41, 5.74) is 6.07. The van der Waals surface area contributed by atoms with Gasteiger partial charge in [-0.1, -0.05) is 41.9 Å². The number of β-amino-alcohol motifs (C(OH)–C–C–N with tert-alkyl or cyclic N) is 1. The molecular weight excluding hydrogens is 710 g/mol. The van der Waals surface area contributed by atoms with Crippen LogP contribution in [0.15, 0.2) is 58.4 Å². The smallest absolute Gasteiger partial charge is 0.332 e. The normalized spacial score (nSPS) is 19.8. The summed E-state index contributed by atoms with van der Waals surface area (Å²) in [6.07, 6.45) is 4.84. The van der Waals surface area contributed by atoms with E-state index in [1.54, 1.807) is 19.1 Å². The van der Waals surface area contributed by atoms with Gasteiger partial charge in [0.2, 0.25) is 5.88 Å². The molecule has 1 aliphatic carbocycles. The molecule has 8 rings (SSSR count). The Morgan fingerprint density at radius 1 is 1.04 bits per heavy atom. The van der Waals surface area contributed by atoms with Crippen molar-refractivity contribution >= 4 is 40.2 Å². The molecule has 0 radical (unpaired) electrons. The van der Waals surface area contributed by atoms with Crippen LogP contribution in [0.1, 0.15) is 42.0 Å². The van der Waals surface area contributed by atoms with Gasteiger partial charge in [-0.2, -0.15) is 0 Å². The number of benzene rings is 2. The van der Waals surface area contributed by atoms with Crippen LogP contribution in [0, 0.1) is 6.92 Å². The number of fused-ring (bicyclic) bond motifs is 2. The first-order chi connectivity index (χ1) is 26.0. The summed E-state index contributed by atoms with van der Waals surface area (Å²) in [6, 6.07) is 13.9. The molecule has 0 saturated carbocycles. The molecule has 5 aromatic rings. The third-order valence-corrected chi connectivity index (χ3v) is 11.8. The standard InChI is InChI=1S/C39H42ClN9O5/c1-22-24(7-6-10-27(22)43-33-31-34(42-21-41-33)46(2)38(53)47(3)36(31)51)25-8-5-9-26(32(25)40)28-19-23-11-12-29(30(23)35(44-28)54-4)49-16-14-39(20-49)13-15-48(17-18-50)37(52)45-39/h5-10,19,21,29,50H,11-18,20H2,1-4H3,(H,45,52)(H,41,42,43)/t29-,39-/m0/s1. The number of carbonyl (C=O) groups excluding carboxylic acids is 1. The fraction of sp³-hybridized carbons (Fsp3) is 0.385. The topological polar surface area (TPSA) is 160 Å². The van der Waals surface area contributed by atoms with E-state index in [-0.39, 0.29) is 35.3 Å². The Labute approximate surface area is 316 Å². The summed E-state index contributed by atoms with van der Waals surface area (Å²) in [7, 11) is 4.66. The number of nitrogens with zero attached hydrogens (tertiary/aromatic N) is 7. The minimum Gasteiger partial charge on any atom is -0.481 e. The monoisotopic (exact) mass is 751 g/mol. The highest BCUT2D eigenvalue weighted by Crippen LogP contribution is 2.47. The number of aryl methyl sites for hydroxylation is 2. The molecule has 0 unspecified atom stereocenters. The molecule has 15 heteroatoms. The van der Waals surface area contributed by atoms with E-state index in [1.165, 1.54) is 23.5 Å². The zero-order valence-corrected chi connectivity index (χ0v) is 31.4. The SMILES string of the molecule is COc1nc(-c2cccc(-c3cccc(Nc4ncnc5c4c(=O)n(C)c(=O)n5C)c3C)c2Cl)cc2c1[C@@H](N1CC[C@@]3(CCN(CCO)C(=O)N3)C1)CC2. The average Bonchev–Trinajstić information content (AvgIpc) is 3.79. The second-order valence-corrected chi connectivity index (χ2v) is 14.8. The molecule has 14 nitrogen and oxygen atoms in total. The number of methoxy groups -OCH3 is 1. The van der Waals surface area contributed by atoms with Crippen molar-refractivity contribution in [3.05, 3.63) is 91.3 Å². The summed E-state index contributed by atoms with van der Waals surface area (Å²) < 4.78 is 8.34. The van der Waals surface area contributed by atoms with E-state index in [0.29, 0.717) is 35.5 Å². The lowest BCUT2D eigenvalue weighted by atomic mass is 9.92. The zero-order chi connectivity index (χ0) is 37.9. The molecule has 2 aromatic carbocycles. The molecule has 3 N–H and O–H groups in total. The van der Waals surface area contributed by atoms with E-state index in [0.717, 1.165) is 76.9 Å². The van der Waals surface area contributed by atoms with Crippen molar-refractivity contribution < 1.29 is 14.6 Å². The number of rotatable bonds is 8. The second kappa shape index (κ2) is 13.8. The molecule has 280 valence electrons. The quantitative estimate of drug-likeness (QED) is 0.209. The molecule has 3 aromatic heterocycles. The number of urea groups is 1. The van der Waals surface area contributed by atoms with Crippen molar-refractivity contribution in [2.75, 3.05) is 45.2 Å². The number of pyridine rings is 1. The Balaban J connectivity index is 1.09. The molecule has 1 spiro atoms. The van der Waals surface area contributed by atoms with Gasteiger partial charge in [0.25, 0.3) is 5.56 Å². The van der Waals surface area contributed by atoms with E-state index in [1.807, 2.05) is 43.3 Å². The van der Waals surface area contributed by atoms with Crippen LogP contribution < -0.4 is 26.6 Å². The predicted molar refractivity (Wildman–Crippen MR) is 207 cm³/mol. The number of anilines is 2. The number of nitrogens with one attached hydrogen (secondary N) is 2. The van der Waals surface area contributed by atoms with Gasteiger partial charge in [0, 0.05) is 68.7 Å². The van der Waals surface area contributed by atoms with Crippen LogP contribution >= 0.6 is 11.6 Å². The fourth-order valence-electron chi connectivity index (χ4n) is 8.49. The second-order valence-electron chi connectivity index (χ2n) is 14.4. The van der Waals surface area contributed by atoms with Crippen LogP contribution in [0.5, 0.6) is 5.88 Å². The number of aromatic nitrogens is 5. The van der Waals surface area contributed by atoms with Crippen LogP contribution in [-0.2, 0) is 20.5 Å². The molecule has 2 aliphatic heterocycles. The lowest BCUT2D eigenvalue weighted by molar-refractivity contribution is 0.127. The minimum absolute atomic E-state index is 0.0432. The van der Waals surface area contributed by atoms with E-state index in [9.17, 15) is 19.5 Å². The molecule has 2 atom stereocenters. The largest absolute Gasteiger partial charge is 0.481 e. The summed E-state index contributed by atoms with van der Waals surface area (Å²) in [4.78, 5) is 56.3. The van der Waals surface area contributed by atoms with Crippen molar-refractivity contribution in [3.8, 4) is 28.3 Å². The van der Waals surface area contributed by atoms with Crippen LogP contribution in [0.2, 0.25) is 5.02 Å². The number of hydrogen-bond acceptors (Lipinski definition) is 10. The maximum absolute atomic E-state index is 13.2. The maximum atomic E-state index is 13.2. The summed E-state index contributed by atoms with van der Waals surface area (Å²) >= 11 is 7.26. The number of amides is 2. The number of aliphatic hydroxyl groups excluding tert-OH is 1. The van der Waals surface area contributed by atoms with Crippen LogP contribution in [-0.4, -0.2) is 90.5 Å². The molecule has 0 bridgehead atoms. The molecule has 5 heterocycles. The number of hydrogen-bond donors (Lipinski definition) is 3. The zero-order valence-electron chi connectivity index (χ0n) is 30.6. The number of likely N-dealkylation sites (tertiary alicyclic amines) is 1. The summed E-state index contributed by atoms with van der Waals surface area (Å²) in [5.74, 6) is 0.874. The first-order valence-corrected chi connectivity index (χ1v) is 18.5. The lowest BCUT2D eigenvalue weighted by Crippen LogP contribution is -2.61. The Bertz CT molecular complexity index is 2450. The maximum Gasteiger partial charge on any atom is 0.332 e. The average molecular weight is 752 g/mol.